The summed E-state index contributed by atoms with van der Waals surface area (Å²) in [4.78, 5) is 4.49. The molecule has 4 heteroatoms. The Kier molecular flexibility index (Phi) is 3.37. The number of benzene rings is 1. The first-order valence-corrected chi connectivity index (χ1v) is 3.45. The minimum absolute atomic E-state index is 0.239. The number of ether oxygens (including phenoxy) is 2. The van der Waals surface area contributed by atoms with Crippen molar-refractivity contribution in [2.24, 2.45) is 5.90 Å². The molecule has 4 nitrogen and oxygen atoms in total. The van der Waals surface area contributed by atoms with Crippen molar-refractivity contribution in [2.45, 2.75) is 0 Å². The summed E-state index contributed by atoms with van der Waals surface area (Å²) >= 11 is 0. The number of methoxy groups -OCH3 is 1. The van der Waals surface area contributed by atoms with E-state index in [2.05, 4.69) is 4.84 Å². The van der Waals surface area contributed by atoms with Crippen LogP contribution in [-0.2, 0) is 4.74 Å². The van der Waals surface area contributed by atoms with E-state index in [1.54, 1.807) is 31.4 Å². The maximum atomic E-state index is 5.14. The lowest BCUT2D eigenvalue weighted by Crippen LogP contribution is -2.02. The van der Waals surface area contributed by atoms with Gasteiger partial charge >= 0.3 is 0 Å². The fourth-order valence-corrected chi connectivity index (χ4v) is 0.741. The van der Waals surface area contributed by atoms with Gasteiger partial charge in [0.2, 0.25) is 0 Å². The fraction of sp³-hybridized carbons (Fsp3) is 0.250. The van der Waals surface area contributed by atoms with Crippen LogP contribution in [0.5, 0.6) is 11.5 Å². The molecule has 1 aromatic rings. The maximum absolute atomic E-state index is 5.14. The van der Waals surface area contributed by atoms with Crippen molar-refractivity contribution in [2.75, 3.05) is 13.9 Å². The molecule has 1 rings (SSSR count). The van der Waals surface area contributed by atoms with Crippen molar-refractivity contribution < 1.29 is 14.3 Å². The molecule has 0 atom stereocenters. The van der Waals surface area contributed by atoms with Gasteiger partial charge in [0, 0.05) is 7.11 Å². The molecule has 0 aliphatic carbocycles. The lowest BCUT2D eigenvalue weighted by atomic mass is 10.3. The summed E-state index contributed by atoms with van der Waals surface area (Å²) < 4.78 is 9.86. The lowest BCUT2D eigenvalue weighted by Gasteiger charge is -2.04. The zero-order chi connectivity index (χ0) is 8.81. The van der Waals surface area contributed by atoms with Crippen LogP contribution in [0.1, 0.15) is 0 Å². The third-order valence-corrected chi connectivity index (χ3v) is 1.30. The van der Waals surface area contributed by atoms with E-state index in [4.69, 9.17) is 15.4 Å². The molecule has 0 bridgehead atoms. The zero-order valence-corrected chi connectivity index (χ0v) is 6.82. The molecule has 0 saturated carbocycles. The SMILES string of the molecule is COCOc1ccc(ON)cc1. The van der Waals surface area contributed by atoms with Crippen molar-refractivity contribution in [3.05, 3.63) is 24.3 Å². The quantitative estimate of drug-likeness (QED) is 0.538. The predicted molar refractivity (Wildman–Crippen MR) is 43.8 cm³/mol. The Hall–Kier alpha value is -1.26. The maximum Gasteiger partial charge on any atom is 0.188 e. The van der Waals surface area contributed by atoms with E-state index in [1.165, 1.54) is 0 Å². The third-order valence-electron chi connectivity index (χ3n) is 1.30. The molecule has 0 fully saturated rings. The number of hydrogen-bond acceptors (Lipinski definition) is 4. The highest BCUT2D eigenvalue weighted by Crippen LogP contribution is 2.16. The first kappa shape index (κ1) is 8.83. The standard InChI is InChI=1S/C8H11NO3/c1-10-6-11-7-2-4-8(12-9)5-3-7/h2-5H,6,9H2,1H3. The molecular formula is C8H11NO3. The lowest BCUT2D eigenvalue weighted by molar-refractivity contribution is 0.0511. The van der Waals surface area contributed by atoms with Gasteiger partial charge in [0.25, 0.3) is 0 Å². The minimum Gasteiger partial charge on any atom is -0.468 e. The van der Waals surface area contributed by atoms with Gasteiger partial charge in [0.15, 0.2) is 6.79 Å². The third kappa shape index (κ3) is 2.41. The van der Waals surface area contributed by atoms with Gasteiger partial charge in [-0.2, -0.15) is 5.90 Å². The Morgan fingerprint density at radius 1 is 1.17 bits per heavy atom. The van der Waals surface area contributed by atoms with E-state index in [0.717, 1.165) is 5.75 Å². The van der Waals surface area contributed by atoms with Crippen LogP contribution in [-0.4, -0.2) is 13.9 Å². The van der Waals surface area contributed by atoms with E-state index < -0.39 is 0 Å². The van der Waals surface area contributed by atoms with Crippen molar-refractivity contribution >= 4 is 0 Å². The number of hydrogen-bond donors (Lipinski definition) is 1. The molecule has 0 amide bonds. The molecule has 0 aliphatic rings. The summed E-state index contributed by atoms with van der Waals surface area (Å²) in [5.41, 5.74) is 0. The number of nitrogens with two attached hydrogens (primary N) is 1. The van der Waals surface area contributed by atoms with E-state index in [9.17, 15) is 0 Å². The van der Waals surface area contributed by atoms with Crippen molar-refractivity contribution in [3.63, 3.8) is 0 Å². The zero-order valence-electron chi connectivity index (χ0n) is 6.82. The summed E-state index contributed by atoms with van der Waals surface area (Å²) in [5.74, 6) is 6.25. The van der Waals surface area contributed by atoms with E-state index >= 15 is 0 Å². The van der Waals surface area contributed by atoms with E-state index in [0.29, 0.717) is 5.75 Å². The van der Waals surface area contributed by atoms with E-state index in [1.807, 2.05) is 0 Å². The summed E-state index contributed by atoms with van der Waals surface area (Å²) in [6, 6.07) is 6.93. The molecule has 12 heavy (non-hydrogen) atoms. The van der Waals surface area contributed by atoms with Gasteiger partial charge < -0.3 is 14.3 Å². The topological polar surface area (TPSA) is 53.7 Å². The van der Waals surface area contributed by atoms with Crippen LogP contribution in [0.2, 0.25) is 0 Å². The van der Waals surface area contributed by atoms with Gasteiger partial charge in [0.1, 0.15) is 11.5 Å². The Labute approximate surface area is 70.8 Å². The average Bonchev–Trinajstić information content (AvgIpc) is 2.15. The molecule has 66 valence electrons. The van der Waals surface area contributed by atoms with Gasteiger partial charge in [-0.3, -0.25) is 0 Å². The highest BCUT2D eigenvalue weighted by Gasteiger charge is 1.93. The molecule has 0 heterocycles. The minimum atomic E-state index is 0.239. The first-order valence-electron chi connectivity index (χ1n) is 3.45. The predicted octanol–water partition coefficient (Wildman–Crippen LogP) is 0.922. The van der Waals surface area contributed by atoms with Crippen LogP contribution < -0.4 is 15.5 Å². The van der Waals surface area contributed by atoms with E-state index in [-0.39, 0.29) is 6.79 Å². The van der Waals surface area contributed by atoms with Crippen LogP contribution in [0.15, 0.2) is 24.3 Å². The van der Waals surface area contributed by atoms with Crippen molar-refractivity contribution in [1.29, 1.82) is 0 Å². The van der Waals surface area contributed by atoms with Gasteiger partial charge in [0.05, 0.1) is 0 Å². The van der Waals surface area contributed by atoms with Gasteiger partial charge in [-0.15, -0.1) is 0 Å². The molecule has 0 aromatic heterocycles. The second-order valence-corrected chi connectivity index (χ2v) is 2.14. The average molecular weight is 169 g/mol. The molecule has 2 N–H and O–H groups in total. The van der Waals surface area contributed by atoms with Crippen LogP contribution >= 0.6 is 0 Å². The fourth-order valence-electron chi connectivity index (χ4n) is 0.741. The first-order chi connectivity index (χ1) is 5.86. The second-order valence-electron chi connectivity index (χ2n) is 2.14. The number of rotatable bonds is 4. The molecule has 0 saturated heterocycles. The van der Waals surface area contributed by atoms with Gasteiger partial charge in [-0.05, 0) is 24.3 Å². The largest absolute Gasteiger partial charge is 0.468 e. The summed E-state index contributed by atoms with van der Waals surface area (Å²) in [6.45, 7) is 0.239. The van der Waals surface area contributed by atoms with Crippen LogP contribution in [0, 0.1) is 0 Å². The van der Waals surface area contributed by atoms with Crippen molar-refractivity contribution in [1.82, 2.24) is 0 Å². The monoisotopic (exact) mass is 169 g/mol. The highest BCUT2D eigenvalue weighted by molar-refractivity contribution is 5.30. The molecule has 0 spiro atoms. The van der Waals surface area contributed by atoms with Crippen molar-refractivity contribution in [3.8, 4) is 11.5 Å². The summed E-state index contributed by atoms with van der Waals surface area (Å²) in [7, 11) is 1.57. The van der Waals surface area contributed by atoms with Crippen LogP contribution in [0.4, 0.5) is 0 Å². The molecular weight excluding hydrogens is 158 g/mol. The molecule has 1 aromatic carbocycles. The Bertz CT molecular complexity index is 222. The summed E-state index contributed by atoms with van der Waals surface area (Å²) in [6.07, 6.45) is 0. The summed E-state index contributed by atoms with van der Waals surface area (Å²) in [5, 5.41) is 0. The Balaban J connectivity index is 2.53. The highest BCUT2D eigenvalue weighted by atomic mass is 16.7. The van der Waals surface area contributed by atoms with Gasteiger partial charge in [-0.25, -0.2) is 0 Å². The Morgan fingerprint density at radius 3 is 2.25 bits per heavy atom. The smallest absolute Gasteiger partial charge is 0.188 e. The second kappa shape index (κ2) is 4.58. The molecule has 0 aliphatic heterocycles. The van der Waals surface area contributed by atoms with Gasteiger partial charge in [-0.1, -0.05) is 0 Å². The van der Waals surface area contributed by atoms with Crippen LogP contribution in [0.25, 0.3) is 0 Å². The molecule has 0 unspecified atom stereocenters. The normalized spacial score (nSPS) is 9.50. The Morgan fingerprint density at radius 2 is 1.75 bits per heavy atom. The van der Waals surface area contributed by atoms with Crippen LogP contribution in [0.3, 0.4) is 0 Å². The molecule has 0 radical (unpaired) electrons.